The van der Waals surface area contributed by atoms with Crippen molar-refractivity contribution in [3.8, 4) is 0 Å². The van der Waals surface area contributed by atoms with Crippen LogP contribution >= 0.6 is 0 Å². The molecule has 4 atom stereocenters. The molecule has 0 radical (unpaired) electrons. The van der Waals surface area contributed by atoms with Crippen LogP contribution in [0.15, 0.2) is 12.2 Å². The number of fused-ring (bicyclic) bond motifs is 1. The van der Waals surface area contributed by atoms with Crippen LogP contribution in [0.2, 0.25) is 0 Å². The van der Waals surface area contributed by atoms with E-state index in [2.05, 4.69) is 19.1 Å². The molecule has 1 saturated heterocycles. The number of carbonyl (C=O) groups excluding carboxylic acids is 1. The Morgan fingerprint density at radius 1 is 1.43 bits per heavy atom. The molecule has 0 amide bonds. The number of carbonyl (C=O) groups is 1. The number of hydrogen-bond acceptors (Lipinski definition) is 2. The molecule has 0 spiro atoms. The number of epoxide rings is 1. The minimum absolute atomic E-state index is 0.133. The first kappa shape index (κ1) is 8.66. The first-order valence-electron chi connectivity index (χ1n) is 5.56. The number of ketones is 1. The number of ether oxygens (including phenoxy) is 1. The quantitative estimate of drug-likeness (QED) is 0.495. The third kappa shape index (κ3) is 1.17. The van der Waals surface area contributed by atoms with Gasteiger partial charge in [-0.1, -0.05) is 12.2 Å². The predicted octanol–water partition coefficient (Wildman–Crippen LogP) is 2.09. The Balaban J connectivity index is 1.69. The molecule has 0 aromatic heterocycles. The Hall–Kier alpha value is -0.630. The van der Waals surface area contributed by atoms with Crippen molar-refractivity contribution in [2.24, 2.45) is 11.3 Å². The molecule has 1 heterocycles. The third-order valence-corrected chi connectivity index (χ3v) is 3.97. The Labute approximate surface area is 84.3 Å². The summed E-state index contributed by atoms with van der Waals surface area (Å²) < 4.78 is 5.45. The average molecular weight is 192 g/mol. The molecule has 1 aliphatic heterocycles. The van der Waals surface area contributed by atoms with Crippen LogP contribution in [0.5, 0.6) is 0 Å². The number of hydrogen-bond donors (Lipinski definition) is 0. The van der Waals surface area contributed by atoms with Crippen LogP contribution < -0.4 is 0 Å². The van der Waals surface area contributed by atoms with Crippen LogP contribution in [-0.4, -0.2) is 18.0 Å². The fraction of sp³-hybridized carbons (Fsp3) is 0.750. The molecule has 76 valence electrons. The van der Waals surface area contributed by atoms with Crippen molar-refractivity contribution in [3.05, 3.63) is 12.2 Å². The first-order chi connectivity index (χ1) is 6.69. The van der Waals surface area contributed by atoms with Crippen molar-refractivity contribution in [1.29, 1.82) is 0 Å². The Morgan fingerprint density at radius 2 is 2.21 bits per heavy atom. The lowest BCUT2D eigenvalue weighted by molar-refractivity contribution is -0.131. The molecular formula is C12H16O2. The van der Waals surface area contributed by atoms with Crippen LogP contribution in [0, 0.1) is 11.3 Å². The topological polar surface area (TPSA) is 29.6 Å². The van der Waals surface area contributed by atoms with Gasteiger partial charge in [-0.15, -0.1) is 0 Å². The molecule has 2 fully saturated rings. The summed E-state index contributed by atoms with van der Waals surface area (Å²) in [6, 6.07) is 0. The van der Waals surface area contributed by atoms with E-state index in [1.165, 1.54) is 0 Å². The van der Waals surface area contributed by atoms with Gasteiger partial charge < -0.3 is 4.74 Å². The maximum atomic E-state index is 12.2. The number of allylic oxidation sites excluding steroid dienone is 2. The summed E-state index contributed by atoms with van der Waals surface area (Å²) in [6.07, 6.45) is 9.15. The van der Waals surface area contributed by atoms with Gasteiger partial charge in [0.25, 0.3) is 0 Å². The van der Waals surface area contributed by atoms with Crippen LogP contribution in [-0.2, 0) is 9.53 Å². The van der Waals surface area contributed by atoms with E-state index < -0.39 is 0 Å². The largest absolute Gasteiger partial charge is 0.370 e. The molecule has 3 rings (SSSR count). The smallest absolute Gasteiger partial charge is 0.145 e. The van der Waals surface area contributed by atoms with Crippen LogP contribution in [0.1, 0.15) is 32.6 Å². The fourth-order valence-electron chi connectivity index (χ4n) is 2.76. The van der Waals surface area contributed by atoms with E-state index in [0.29, 0.717) is 18.0 Å². The summed E-state index contributed by atoms with van der Waals surface area (Å²) >= 11 is 0. The third-order valence-electron chi connectivity index (χ3n) is 3.97. The molecule has 2 heteroatoms. The molecule has 0 N–H and O–H groups in total. The van der Waals surface area contributed by atoms with Gasteiger partial charge in [-0.3, -0.25) is 4.79 Å². The first-order valence-corrected chi connectivity index (χ1v) is 5.56. The molecule has 0 bridgehead atoms. The summed E-state index contributed by atoms with van der Waals surface area (Å²) in [4.78, 5) is 12.2. The summed E-state index contributed by atoms with van der Waals surface area (Å²) in [5.74, 6) is 0.725. The SMILES string of the molecule is CC1(C(=O)C2CCC3OC3C2)C=CC1. The van der Waals surface area contributed by atoms with Gasteiger partial charge in [0.1, 0.15) is 5.78 Å². The molecule has 2 nitrogen and oxygen atoms in total. The average Bonchev–Trinajstić information content (AvgIpc) is 2.90. The summed E-state index contributed by atoms with van der Waals surface area (Å²) in [5, 5.41) is 0. The van der Waals surface area contributed by atoms with Crippen molar-refractivity contribution in [2.75, 3.05) is 0 Å². The van der Waals surface area contributed by atoms with Crippen molar-refractivity contribution in [1.82, 2.24) is 0 Å². The van der Waals surface area contributed by atoms with E-state index in [-0.39, 0.29) is 11.3 Å². The van der Waals surface area contributed by atoms with E-state index in [1.807, 2.05) is 0 Å². The molecule has 4 unspecified atom stereocenters. The molecule has 1 saturated carbocycles. The van der Waals surface area contributed by atoms with E-state index in [9.17, 15) is 4.79 Å². The maximum absolute atomic E-state index is 12.2. The van der Waals surface area contributed by atoms with Gasteiger partial charge in [0, 0.05) is 11.3 Å². The molecular weight excluding hydrogens is 176 g/mol. The molecule has 0 aromatic carbocycles. The number of Topliss-reactive ketones (excluding diaryl/α,β-unsaturated/α-hetero) is 1. The van der Waals surface area contributed by atoms with Crippen molar-refractivity contribution >= 4 is 5.78 Å². The van der Waals surface area contributed by atoms with Gasteiger partial charge in [0.15, 0.2) is 0 Å². The highest BCUT2D eigenvalue weighted by Gasteiger charge is 2.48. The van der Waals surface area contributed by atoms with Gasteiger partial charge in [0.2, 0.25) is 0 Å². The molecule has 2 aliphatic carbocycles. The van der Waals surface area contributed by atoms with Crippen molar-refractivity contribution < 1.29 is 9.53 Å². The number of rotatable bonds is 2. The Bertz CT molecular complexity index is 307. The highest BCUT2D eigenvalue weighted by atomic mass is 16.6. The van der Waals surface area contributed by atoms with E-state index in [4.69, 9.17) is 4.74 Å². The van der Waals surface area contributed by atoms with E-state index in [1.54, 1.807) is 0 Å². The Morgan fingerprint density at radius 3 is 2.79 bits per heavy atom. The van der Waals surface area contributed by atoms with Gasteiger partial charge in [0.05, 0.1) is 12.2 Å². The molecule has 0 aromatic rings. The fourth-order valence-corrected chi connectivity index (χ4v) is 2.76. The molecule has 14 heavy (non-hydrogen) atoms. The zero-order valence-corrected chi connectivity index (χ0v) is 8.53. The lowest BCUT2D eigenvalue weighted by Gasteiger charge is -2.34. The second-order valence-corrected chi connectivity index (χ2v) is 5.11. The normalized spacial score (nSPS) is 49.4. The minimum atomic E-state index is -0.133. The van der Waals surface area contributed by atoms with E-state index in [0.717, 1.165) is 25.7 Å². The summed E-state index contributed by atoms with van der Waals surface area (Å²) in [5.41, 5.74) is -0.133. The zero-order chi connectivity index (χ0) is 9.76. The summed E-state index contributed by atoms with van der Waals surface area (Å²) in [6.45, 7) is 2.06. The van der Waals surface area contributed by atoms with Crippen LogP contribution in [0.4, 0.5) is 0 Å². The lowest BCUT2D eigenvalue weighted by atomic mass is 9.68. The minimum Gasteiger partial charge on any atom is -0.370 e. The van der Waals surface area contributed by atoms with Crippen molar-refractivity contribution in [2.45, 2.75) is 44.8 Å². The van der Waals surface area contributed by atoms with E-state index >= 15 is 0 Å². The highest BCUT2D eigenvalue weighted by Crippen LogP contribution is 2.44. The monoisotopic (exact) mass is 192 g/mol. The zero-order valence-electron chi connectivity index (χ0n) is 8.53. The van der Waals surface area contributed by atoms with Gasteiger partial charge in [-0.25, -0.2) is 0 Å². The summed E-state index contributed by atoms with van der Waals surface area (Å²) in [7, 11) is 0. The van der Waals surface area contributed by atoms with Crippen LogP contribution in [0.25, 0.3) is 0 Å². The van der Waals surface area contributed by atoms with Gasteiger partial charge in [-0.2, -0.15) is 0 Å². The van der Waals surface area contributed by atoms with Crippen molar-refractivity contribution in [3.63, 3.8) is 0 Å². The van der Waals surface area contributed by atoms with Crippen LogP contribution in [0.3, 0.4) is 0 Å². The van der Waals surface area contributed by atoms with Gasteiger partial charge >= 0.3 is 0 Å². The lowest BCUT2D eigenvalue weighted by Crippen LogP contribution is -2.37. The standard InChI is InChI=1S/C12H16O2/c1-12(5-2-6-12)11(13)8-3-4-9-10(7-8)14-9/h2,5,8-10H,3-4,6-7H2,1H3. The molecule has 3 aliphatic rings. The predicted molar refractivity (Wildman–Crippen MR) is 52.9 cm³/mol. The maximum Gasteiger partial charge on any atom is 0.145 e. The highest BCUT2D eigenvalue weighted by molar-refractivity contribution is 5.90. The Kier molecular flexibility index (Phi) is 1.67. The van der Waals surface area contributed by atoms with Gasteiger partial charge in [-0.05, 0) is 32.6 Å². The second kappa shape index (κ2) is 2.69. The second-order valence-electron chi connectivity index (χ2n) is 5.11.